The van der Waals surface area contributed by atoms with Crippen LogP contribution in [-0.2, 0) is 0 Å². The second kappa shape index (κ2) is 8.55. The Kier molecular flexibility index (Phi) is 5.72. The van der Waals surface area contributed by atoms with E-state index in [0.29, 0.717) is 0 Å². The molecule has 13 heteroatoms. The number of nitrogens with one attached hydrogen (secondary N) is 3. The van der Waals surface area contributed by atoms with E-state index in [2.05, 4.69) is 26.1 Å². The largest absolute Gasteiger partial charge is 0.355 e. The summed E-state index contributed by atoms with van der Waals surface area (Å²) in [5.41, 5.74) is 3.42. The molecule has 3 N–H and O–H groups in total. The van der Waals surface area contributed by atoms with Crippen molar-refractivity contribution in [3.63, 3.8) is 0 Å². The summed E-state index contributed by atoms with van der Waals surface area (Å²) in [4.78, 5) is 40.6. The van der Waals surface area contributed by atoms with Crippen molar-refractivity contribution in [2.24, 2.45) is 0 Å². The quantitative estimate of drug-likeness (QED) is 0.390. The van der Waals surface area contributed by atoms with Crippen molar-refractivity contribution in [3.05, 3.63) is 86.5 Å². The highest BCUT2D eigenvalue weighted by molar-refractivity contribution is 5.95. The number of anilines is 3. The van der Waals surface area contributed by atoms with Gasteiger partial charge in [-0.3, -0.25) is 35.9 Å². The molecule has 0 aliphatic heterocycles. The number of hydrazine groups is 1. The Balaban J connectivity index is 1.85. The molecule has 3 rings (SSSR count). The third-order valence-electron chi connectivity index (χ3n) is 3.74. The van der Waals surface area contributed by atoms with Crippen LogP contribution >= 0.6 is 0 Å². The standard InChI is InChI=1S/C17H12FN7O5/c18-13-7-2-1-6-12(13)17(26)23-22-16-14(25(29)30)15(19-9-20-16)21-10-4-3-5-11(8-10)24(27)28/h1-9H,(H,23,26)(H2,19,20,21,22). The fourth-order valence-corrected chi connectivity index (χ4v) is 2.40. The van der Waals surface area contributed by atoms with Crippen molar-refractivity contribution in [1.82, 2.24) is 15.4 Å². The van der Waals surface area contributed by atoms with E-state index in [1.807, 2.05) is 0 Å². The average Bonchev–Trinajstić information content (AvgIpc) is 2.72. The molecule has 0 aliphatic carbocycles. The number of carbonyl (C=O) groups excluding carboxylic acids is 1. The van der Waals surface area contributed by atoms with Gasteiger partial charge in [0, 0.05) is 17.8 Å². The summed E-state index contributed by atoms with van der Waals surface area (Å²) in [7, 11) is 0. The van der Waals surface area contributed by atoms with Gasteiger partial charge in [0.25, 0.3) is 11.6 Å². The van der Waals surface area contributed by atoms with Crippen LogP contribution < -0.4 is 16.2 Å². The second-order valence-electron chi connectivity index (χ2n) is 5.67. The van der Waals surface area contributed by atoms with Gasteiger partial charge in [-0.1, -0.05) is 18.2 Å². The first-order valence-electron chi connectivity index (χ1n) is 8.18. The number of nitro benzene ring substituents is 1. The summed E-state index contributed by atoms with van der Waals surface area (Å²) < 4.78 is 13.7. The lowest BCUT2D eigenvalue weighted by Gasteiger charge is -2.11. The summed E-state index contributed by atoms with van der Waals surface area (Å²) in [5, 5.41) is 25.0. The van der Waals surface area contributed by atoms with Crippen LogP contribution in [0.2, 0.25) is 0 Å². The van der Waals surface area contributed by atoms with E-state index in [-0.39, 0.29) is 28.6 Å². The highest BCUT2D eigenvalue weighted by atomic mass is 19.1. The number of non-ortho nitro benzene ring substituents is 1. The lowest BCUT2D eigenvalue weighted by molar-refractivity contribution is -0.384. The van der Waals surface area contributed by atoms with Gasteiger partial charge in [0.05, 0.1) is 15.4 Å². The van der Waals surface area contributed by atoms with Crippen LogP contribution in [0.4, 0.5) is 33.1 Å². The van der Waals surface area contributed by atoms with E-state index in [1.54, 1.807) is 0 Å². The molecule has 0 bridgehead atoms. The number of halogens is 1. The average molecular weight is 413 g/mol. The number of benzene rings is 2. The number of hydrogen-bond acceptors (Lipinski definition) is 9. The molecule has 2 aromatic carbocycles. The van der Waals surface area contributed by atoms with Gasteiger partial charge in [-0.2, -0.15) is 0 Å². The number of rotatable bonds is 7. The zero-order valence-corrected chi connectivity index (χ0v) is 14.9. The molecular formula is C17H12FN7O5. The third kappa shape index (κ3) is 4.41. The van der Waals surface area contributed by atoms with E-state index in [4.69, 9.17) is 0 Å². The molecule has 0 aliphatic rings. The van der Waals surface area contributed by atoms with E-state index < -0.39 is 27.3 Å². The molecule has 3 aromatic rings. The number of nitrogens with zero attached hydrogens (tertiary/aromatic N) is 4. The van der Waals surface area contributed by atoms with Crippen molar-refractivity contribution in [2.45, 2.75) is 0 Å². The third-order valence-corrected chi connectivity index (χ3v) is 3.74. The highest BCUT2D eigenvalue weighted by Gasteiger charge is 2.24. The first-order chi connectivity index (χ1) is 14.4. The number of nitro groups is 2. The minimum absolute atomic E-state index is 0.173. The Morgan fingerprint density at radius 3 is 2.40 bits per heavy atom. The van der Waals surface area contributed by atoms with Crippen molar-refractivity contribution >= 4 is 34.6 Å². The Morgan fingerprint density at radius 2 is 1.70 bits per heavy atom. The van der Waals surface area contributed by atoms with Gasteiger partial charge in [-0.05, 0) is 18.2 Å². The molecule has 0 spiro atoms. The van der Waals surface area contributed by atoms with Gasteiger partial charge in [0.2, 0.25) is 11.6 Å². The summed E-state index contributed by atoms with van der Waals surface area (Å²) in [6, 6.07) is 10.4. The molecule has 152 valence electrons. The SMILES string of the molecule is O=C(NNc1ncnc(Nc2cccc([N+](=O)[O-])c2)c1[N+](=O)[O-])c1ccccc1F. The monoisotopic (exact) mass is 413 g/mol. The predicted molar refractivity (Wildman–Crippen MR) is 103 cm³/mol. The summed E-state index contributed by atoms with van der Waals surface area (Å²) in [5.74, 6) is -2.32. The van der Waals surface area contributed by atoms with Gasteiger partial charge in [-0.25, -0.2) is 14.4 Å². The fraction of sp³-hybridized carbons (Fsp3) is 0. The maximum absolute atomic E-state index is 13.7. The molecule has 1 heterocycles. The zero-order valence-electron chi connectivity index (χ0n) is 14.9. The lowest BCUT2D eigenvalue weighted by Crippen LogP contribution is -2.31. The van der Waals surface area contributed by atoms with Gasteiger partial charge < -0.3 is 5.32 Å². The normalized spacial score (nSPS) is 10.2. The molecule has 1 aromatic heterocycles. The minimum Gasteiger partial charge on any atom is -0.334 e. The van der Waals surface area contributed by atoms with Crippen molar-refractivity contribution < 1.29 is 19.0 Å². The van der Waals surface area contributed by atoms with E-state index in [1.165, 1.54) is 42.5 Å². The molecule has 12 nitrogen and oxygen atoms in total. The van der Waals surface area contributed by atoms with Crippen LogP contribution in [0.15, 0.2) is 54.9 Å². The number of carbonyl (C=O) groups is 1. The molecule has 0 saturated carbocycles. The molecule has 0 saturated heterocycles. The number of hydrogen-bond donors (Lipinski definition) is 3. The Bertz CT molecular complexity index is 1140. The molecule has 1 amide bonds. The van der Waals surface area contributed by atoms with Crippen LogP contribution in [0.3, 0.4) is 0 Å². The fourth-order valence-electron chi connectivity index (χ4n) is 2.40. The number of amides is 1. The Morgan fingerprint density at radius 1 is 0.967 bits per heavy atom. The second-order valence-corrected chi connectivity index (χ2v) is 5.67. The van der Waals surface area contributed by atoms with Gasteiger partial charge in [-0.15, -0.1) is 0 Å². The minimum atomic E-state index is -0.880. The molecule has 0 atom stereocenters. The smallest absolute Gasteiger partial charge is 0.334 e. The first-order valence-corrected chi connectivity index (χ1v) is 8.18. The van der Waals surface area contributed by atoms with Gasteiger partial charge >= 0.3 is 5.69 Å². The van der Waals surface area contributed by atoms with Crippen LogP contribution in [0.5, 0.6) is 0 Å². The maximum Gasteiger partial charge on any atom is 0.355 e. The lowest BCUT2D eigenvalue weighted by atomic mass is 10.2. The van der Waals surface area contributed by atoms with Gasteiger partial charge in [0.1, 0.15) is 12.1 Å². The topological polar surface area (TPSA) is 165 Å². The molecule has 30 heavy (non-hydrogen) atoms. The molecule has 0 fully saturated rings. The Hall–Kier alpha value is -4.68. The molecule has 0 unspecified atom stereocenters. The first kappa shape index (κ1) is 20.1. The van der Waals surface area contributed by atoms with Crippen LogP contribution in [-0.4, -0.2) is 25.7 Å². The van der Waals surface area contributed by atoms with E-state index >= 15 is 0 Å². The summed E-state index contributed by atoms with van der Waals surface area (Å²) in [6.45, 7) is 0. The van der Waals surface area contributed by atoms with Crippen molar-refractivity contribution in [1.29, 1.82) is 0 Å². The Labute approximate surface area is 167 Å². The maximum atomic E-state index is 13.7. The van der Waals surface area contributed by atoms with Crippen molar-refractivity contribution in [2.75, 3.05) is 10.7 Å². The predicted octanol–water partition coefficient (Wildman–Crippen LogP) is 2.93. The van der Waals surface area contributed by atoms with Crippen LogP contribution in [0.1, 0.15) is 10.4 Å². The van der Waals surface area contributed by atoms with E-state index in [0.717, 1.165) is 12.4 Å². The molecular weight excluding hydrogens is 401 g/mol. The van der Waals surface area contributed by atoms with E-state index in [9.17, 15) is 29.4 Å². The van der Waals surface area contributed by atoms with Crippen molar-refractivity contribution in [3.8, 4) is 0 Å². The summed E-state index contributed by atoms with van der Waals surface area (Å²) >= 11 is 0. The van der Waals surface area contributed by atoms with Crippen LogP contribution in [0, 0.1) is 26.0 Å². The van der Waals surface area contributed by atoms with Gasteiger partial charge in [0.15, 0.2) is 0 Å². The summed E-state index contributed by atoms with van der Waals surface area (Å²) in [6.07, 6.45) is 0.976. The molecule has 0 radical (unpaired) electrons. The van der Waals surface area contributed by atoms with Crippen LogP contribution in [0.25, 0.3) is 0 Å². The number of aromatic nitrogens is 2. The zero-order chi connectivity index (χ0) is 21.7. The highest BCUT2D eigenvalue weighted by Crippen LogP contribution is 2.31.